The number of methoxy groups -OCH3 is 1. The lowest BCUT2D eigenvalue weighted by molar-refractivity contribution is -0.130. The van der Waals surface area contributed by atoms with Gasteiger partial charge in [-0.15, -0.1) is 11.3 Å². The Morgan fingerprint density at radius 3 is 2.65 bits per heavy atom. The highest BCUT2D eigenvalue weighted by molar-refractivity contribution is 7.14. The average Bonchev–Trinajstić information content (AvgIpc) is 3.35. The predicted octanol–water partition coefficient (Wildman–Crippen LogP) is 4.49. The van der Waals surface area contributed by atoms with E-state index in [0.29, 0.717) is 22.3 Å². The highest BCUT2D eigenvalue weighted by Gasteiger charge is 2.25. The fourth-order valence-electron chi connectivity index (χ4n) is 3.05. The summed E-state index contributed by atoms with van der Waals surface area (Å²) in [6.45, 7) is 3.43. The van der Waals surface area contributed by atoms with Crippen LogP contribution < -0.4 is 9.64 Å². The van der Waals surface area contributed by atoms with Gasteiger partial charge in [0.1, 0.15) is 5.75 Å². The van der Waals surface area contributed by atoms with Gasteiger partial charge >= 0.3 is 5.97 Å². The molecule has 1 aliphatic rings. The number of thiazole rings is 1. The Labute approximate surface area is 183 Å². The van der Waals surface area contributed by atoms with Crippen LogP contribution in [0.2, 0.25) is 0 Å². The van der Waals surface area contributed by atoms with Crippen LogP contribution in [-0.2, 0) is 14.3 Å². The van der Waals surface area contributed by atoms with Gasteiger partial charge in [-0.25, -0.2) is 14.8 Å². The third-order valence-electron chi connectivity index (χ3n) is 4.52. The van der Waals surface area contributed by atoms with E-state index in [0.717, 1.165) is 11.1 Å². The van der Waals surface area contributed by atoms with Gasteiger partial charge in [0.15, 0.2) is 10.8 Å². The van der Waals surface area contributed by atoms with Gasteiger partial charge in [0.25, 0.3) is 0 Å². The number of aliphatic imine (C=N–C) groups is 1. The van der Waals surface area contributed by atoms with Crippen molar-refractivity contribution in [1.82, 2.24) is 4.98 Å². The highest BCUT2D eigenvalue weighted by Crippen LogP contribution is 2.31. The second-order valence-electron chi connectivity index (χ2n) is 6.81. The Hall–Kier alpha value is -3.78. The van der Waals surface area contributed by atoms with Crippen LogP contribution in [0, 0.1) is 6.92 Å². The van der Waals surface area contributed by atoms with Gasteiger partial charge in [0.2, 0.25) is 11.8 Å². The summed E-state index contributed by atoms with van der Waals surface area (Å²) in [4.78, 5) is 34.9. The molecule has 8 heteroatoms. The van der Waals surface area contributed by atoms with Gasteiger partial charge in [0, 0.05) is 17.9 Å². The number of cyclic esters (lactones) is 1. The van der Waals surface area contributed by atoms with E-state index in [9.17, 15) is 9.59 Å². The molecule has 3 aromatic rings. The summed E-state index contributed by atoms with van der Waals surface area (Å²) in [6.07, 6.45) is 1.55. The highest BCUT2D eigenvalue weighted by atomic mass is 32.1. The lowest BCUT2D eigenvalue weighted by Gasteiger charge is -2.18. The lowest BCUT2D eigenvalue weighted by atomic mass is 10.1. The molecule has 1 aliphatic heterocycles. The van der Waals surface area contributed by atoms with Gasteiger partial charge in [0.05, 0.1) is 18.5 Å². The smallest absolute Gasteiger partial charge is 0.363 e. The van der Waals surface area contributed by atoms with E-state index >= 15 is 0 Å². The van der Waals surface area contributed by atoms with Crippen molar-refractivity contribution >= 4 is 46.0 Å². The van der Waals surface area contributed by atoms with Crippen LogP contribution in [0.25, 0.3) is 6.08 Å². The molecule has 156 valence electrons. The third kappa shape index (κ3) is 4.39. The van der Waals surface area contributed by atoms with Crippen LogP contribution in [0.5, 0.6) is 5.75 Å². The second-order valence-corrected chi connectivity index (χ2v) is 7.65. The van der Waals surface area contributed by atoms with E-state index in [1.54, 1.807) is 42.8 Å². The van der Waals surface area contributed by atoms with Crippen LogP contribution in [0.4, 0.5) is 10.8 Å². The quantitative estimate of drug-likeness (QED) is 0.437. The maximum atomic E-state index is 12.3. The molecule has 0 spiro atoms. The number of anilines is 2. The number of rotatable bonds is 5. The molecule has 2 aromatic carbocycles. The number of ether oxygens (including phenoxy) is 2. The zero-order chi connectivity index (χ0) is 22.0. The number of hydrogen-bond acceptors (Lipinski definition) is 7. The molecule has 31 heavy (non-hydrogen) atoms. The molecule has 0 bridgehead atoms. The molecular weight excluding hydrogens is 414 g/mol. The maximum Gasteiger partial charge on any atom is 0.363 e. The standard InChI is InChI=1S/C23H19N3O4S/c1-14-5-4-6-16(11-14)21-25-20(22(28)30-21)12-17-13-31-23(24-17)26(15(2)27)18-7-9-19(29-3)10-8-18/h4-13H,1-3H3/b20-12+. The van der Waals surface area contributed by atoms with E-state index in [2.05, 4.69) is 9.98 Å². The van der Waals surface area contributed by atoms with Crippen molar-refractivity contribution < 1.29 is 19.1 Å². The Kier molecular flexibility index (Phi) is 5.64. The number of amides is 1. The molecule has 7 nitrogen and oxygen atoms in total. The first-order chi connectivity index (χ1) is 14.9. The molecule has 0 fully saturated rings. The summed E-state index contributed by atoms with van der Waals surface area (Å²) in [5.41, 5.74) is 3.12. The molecule has 0 radical (unpaired) electrons. The van der Waals surface area contributed by atoms with Gasteiger partial charge in [-0.05, 0) is 49.4 Å². The van der Waals surface area contributed by atoms with Crippen molar-refractivity contribution in [3.05, 3.63) is 76.4 Å². The SMILES string of the molecule is COc1ccc(N(C(C)=O)c2nc(/C=C3/N=C(c4cccc(C)c4)OC3=O)cs2)cc1. The van der Waals surface area contributed by atoms with E-state index in [1.165, 1.54) is 23.2 Å². The second kappa shape index (κ2) is 8.53. The Balaban J connectivity index is 1.62. The lowest BCUT2D eigenvalue weighted by Crippen LogP contribution is -2.22. The fraction of sp³-hybridized carbons (Fsp3) is 0.130. The van der Waals surface area contributed by atoms with Gasteiger partial charge in [-0.1, -0.05) is 17.7 Å². The monoisotopic (exact) mass is 433 g/mol. The van der Waals surface area contributed by atoms with Crippen LogP contribution in [0.1, 0.15) is 23.7 Å². The van der Waals surface area contributed by atoms with E-state index in [1.807, 2.05) is 31.2 Å². The van der Waals surface area contributed by atoms with Crippen LogP contribution in [-0.4, -0.2) is 29.9 Å². The number of aryl methyl sites for hydroxylation is 1. The van der Waals surface area contributed by atoms with Crippen molar-refractivity contribution in [2.45, 2.75) is 13.8 Å². The van der Waals surface area contributed by atoms with Crippen LogP contribution in [0.3, 0.4) is 0 Å². The zero-order valence-corrected chi connectivity index (χ0v) is 18.0. The topological polar surface area (TPSA) is 81.1 Å². The average molecular weight is 433 g/mol. The summed E-state index contributed by atoms with van der Waals surface area (Å²) in [5, 5.41) is 2.24. The molecule has 2 heterocycles. The molecule has 1 aromatic heterocycles. The molecule has 0 saturated carbocycles. The minimum Gasteiger partial charge on any atom is -0.497 e. The molecule has 0 atom stereocenters. The Morgan fingerprint density at radius 1 is 1.19 bits per heavy atom. The summed E-state index contributed by atoms with van der Waals surface area (Å²) in [7, 11) is 1.58. The zero-order valence-electron chi connectivity index (χ0n) is 17.2. The number of carbonyl (C=O) groups excluding carboxylic acids is 2. The number of esters is 1. The van der Waals surface area contributed by atoms with Crippen molar-refractivity contribution in [2.75, 3.05) is 12.0 Å². The number of nitrogens with zero attached hydrogens (tertiary/aromatic N) is 3. The molecule has 0 aliphatic carbocycles. The summed E-state index contributed by atoms with van der Waals surface area (Å²) < 4.78 is 10.5. The summed E-state index contributed by atoms with van der Waals surface area (Å²) in [5.74, 6) is 0.237. The number of carbonyl (C=O) groups is 2. The number of hydrogen-bond donors (Lipinski definition) is 0. The predicted molar refractivity (Wildman–Crippen MR) is 120 cm³/mol. The maximum absolute atomic E-state index is 12.3. The summed E-state index contributed by atoms with van der Waals surface area (Å²) >= 11 is 1.29. The first kappa shape index (κ1) is 20.5. The van der Waals surface area contributed by atoms with Crippen molar-refractivity contribution in [3.8, 4) is 5.75 Å². The Morgan fingerprint density at radius 2 is 1.97 bits per heavy atom. The van der Waals surface area contributed by atoms with Crippen molar-refractivity contribution in [1.29, 1.82) is 0 Å². The van der Waals surface area contributed by atoms with E-state index in [-0.39, 0.29) is 17.5 Å². The van der Waals surface area contributed by atoms with Gasteiger partial charge in [-0.2, -0.15) is 0 Å². The normalized spacial score (nSPS) is 14.4. The number of aromatic nitrogens is 1. The fourth-order valence-corrected chi connectivity index (χ4v) is 3.90. The van der Waals surface area contributed by atoms with E-state index < -0.39 is 5.97 Å². The summed E-state index contributed by atoms with van der Waals surface area (Å²) in [6, 6.07) is 14.7. The minimum absolute atomic E-state index is 0.159. The van der Waals surface area contributed by atoms with Crippen molar-refractivity contribution in [2.24, 2.45) is 4.99 Å². The molecule has 0 unspecified atom stereocenters. The molecule has 0 saturated heterocycles. The molecule has 4 rings (SSSR count). The first-order valence-corrected chi connectivity index (χ1v) is 10.3. The minimum atomic E-state index is -0.537. The Bertz CT molecular complexity index is 1210. The molecular formula is C23H19N3O4S. The van der Waals surface area contributed by atoms with Gasteiger partial charge in [-0.3, -0.25) is 9.69 Å². The molecule has 1 amide bonds. The largest absolute Gasteiger partial charge is 0.497 e. The molecule has 0 N–H and O–H groups in total. The van der Waals surface area contributed by atoms with E-state index in [4.69, 9.17) is 9.47 Å². The first-order valence-electron chi connectivity index (χ1n) is 9.44. The van der Waals surface area contributed by atoms with Crippen LogP contribution in [0.15, 0.2) is 64.6 Å². The van der Waals surface area contributed by atoms with Gasteiger partial charge < -0.3 is 9.47 Å². The van der Waals surface area contributed by atoms with Crippen LogP contribution >= 0.6 is 11.3 Å². The third-order valence-corrected chi connectivity index (χ3v) is 5.36. The number of benzene rings is 2. The van der Waals surface area contributed by atoms with Crippen molar-refractivity contribution in [3.63, 3.8) is 0 Å².